The van der Waals surface area contributed by atoms with E-state index in [1.165, 1.54) is 29.9 Å². The van der Waals surface area contributed by atoms with Crippen molar-refractivity contribution in [3.05, 3.63) is 21.1 Å². The van der Waals surface area contributed by atoms with Crippen LogP contribution in [0, 0.1) is 11.3 Å². The van der Waals surface area contributed by atoms with Gasteiger partial charge in [0.05, 0.1) is 0 Å². The molecule has 3 heteroatoms. The van der Waals surface area contributed by atoms with Crippen molar-refractivity contribution in [2.45, 2.75) is 27.7 Å². The Kier molecular flexibility index (Phi) is 7.21. The molecule has 13 heavy (non-hydrogen) atoms. The summed E-state index contributed by atoms with van der Waals surface area (Å²) in [4.78, 5) is 0. The third kappa shape index (κ3) is 4.31. The second kappa shape index (κ2) is 5.72. The molecule has 0 aliphatic heterocycles. The number of halogens is 2. The molecule has 0 heterocycles. The minimum absolute atomic E-state index is 0. The number of allylic oxidation sites excluding steroid dienone is 4. The van der Waals surface area contributed by atoms with Crippen molar-refractivity contribution in [2.75, 3.05) is 0 Å². The third-order valence-corrected chi connectivity index (χ3v) is 4.25. The minimum atomic E-state index is 0. The van der Waals surface area contributed by atoms with Gasteiger partial charge in [-0.1, -0.05) is 0 Å². The molecule has 0 N–H and O–H groups in total. The first-order chi connectivity index (χ1) is 4.91. The molecular weight excluding hydrogens is 370 g/mol. The topological polar surface area (TPSA) is 0 Å². The van der Waals surface area contributed by atoms with Crippen molar-refractivity contribution in [3.63, 3.8) is 0 Å². The molecule has 0 saturated carbocycles. The van der Waals surface area contributed by atoms with Gasteiger partial charge in [0.1, 0.15) is 0 Å². The molecule has 1 atom stereocenters. The molecule has 1 aliphatic carbocycles. The van der Waals surface area contributed by atoms with Gasteiger partial charge in [-0.2, -0.15) is 0 Å². The molecule has 0 saturated heterocycles. The molecule has 0 fully saturated rings. The van der Waals surface area contributed by atoms with E-state index in [1.807, 2.05) is 0 Å². The zero-order chi connectivity index (χ0) is 8.65. The van der Waals surface area contributed by atoms with Crippen molar-refractivity contribution < 1.29 is 49.2 Å². The van der Waals surface area contributed by atoms with Crippen LogP contribution in [0.2, 0.25) is 0 Å². The van der Waals surface area contributed by atoms with Gasteiger partial charge in [0, 0.05) is 0 Å². The van der Waals surface area contributed by atoms with Gasteiger partial charge in [0.25, 0.3) is 0 Å². The van der Waals surface area contributed by atoms with E-state index in [9.17, 15) is 0 Å². The molecule has 0 nitrogen and oxygen atoms in total. The molecule has 0 spiro atoms. The van der Waals surface area contributed by atoms with Crippen LogP contribution in [0.25, 0.3) is 0 Å². The van der Waals surface area contributed by atoms with Crippen LogP contribution in [0.1, 0.15) is 27.7 Å². The first kappa shape index (κ1) is 16.4. The van der Waals surface area contributed by atoms with Crippen LogP contribution in [0.3, 0.4) is 0 Å². The summed E-state index contributed by atoms with van der Waals surface area (Å²) in [6, 6.07) is 0. The zero-order valence-corrected chi connectivity index (χ0v) is 13.6. The molecule has 0 aromatic heterocycles. The molecule has 0 radical (unpaired) electrons. The van der Waals surface area contributed by atoms with Gasteiger partial charge in [-0.05, 0) is 0 Å². The largest absolute Gasteiger partial charge is 1.00 e. The van der Waals surface area contributed by atoms with Gasteiger partial charge in [0.15, 0.2) is 0 Å². The van der Waals surface area contributed by atoms with Gasteiger partial charge in [-0.3, -0.25) is 0 Å². The van der Waals surface area contributed by atoms with E-state index in [2.05, 4.69) is 39.8 Å². The van der Waals surface area contributed by atoms with Crippen LogP contribution in [0.4, 0.5) is 0 Å². The van der Waals surface area contributed by atoms with Gasteiger partial charge in [-0.15, -0.1) is 0 Å². The van der Waals surface area contributed by atoms with E-state index in [1.54, 1.807) is 3.33 Å². The summed E-state index contributed by atoms with van der Waals surface area (Å²) < 4.78 is 1.63. The smallest absolute Gasteiger partial charge is 1.00 e. The summed E-state index contributed by atoms with van der Waals surface area (Å²) in [7, 11) is 0. The van der Waals surface area contributed by atoms with Crippen LogP contribution < -0.4 is 24.8 Å². The Labute approximate surface area is 109 Å². The Morgan fingerprint density at radius 1 is 1.23 bits per heavy atom. The van der Waals surface area contributed by atoms with E-state index in [4.69, 9.17) is 0 Å². The van der Waals surface area contributed by atoms with E-state index in [0.717, 1.165) is 5.92 Å². The molecule has 0 aromatic rings. The normalized spacial score (nSPS) is 21.2. The van der Waals surface area contributed by atoms with Crippen molar-refractivity contribution in [2.24, 2.45) is 11.3 Å². The van der Waals surface area contributed by atoms with Crippen LogP contribution in [-0.2, 0) is 24.4 Å². The first-order valence-corrected chi connectivity index (χ1v) is 5.86. The maximum atomic E-state index is 2.41. The predicted octanol–water partition coefficient (Wildman–Crippen LogP) is -2.95. The number of rotatable bonds is 0. The zero-order valence-electron chi connectivity index (χ0n) is 8.49. The summed E-state index contributed by atoms with van der Waals surface area (Å²) in [6.07, 6.45) is 4.79. The first-order valence-electron chi connectivity index (χ1n) is 4.07. The van der Waals surface area contributed by atoms with Crippen molar-refractivity contribution in [1.29, 1.82) is 0 Å². The second-order valence-corrected chi connectivity index (χ2v) is 6.33. The second-order valence-electron chi connectivity index (χ2n) is 4.26. The molecule has 1 unspecified atom stereocenters. The maximum absolute atomic E-state index is 2.41. The fourth-order valence-corrected chi connectivity index (χ4v) is 2.03. The Hall–Kier alpha value is 0.930. The Morgan fingerprint density at radius 3 is 1.85 bits per heavy atom. The van der Waals surface area contributed by atoms with Crippen molar-refractivity contribution >= 4 is 0 Å². The van der Waals surface area contributed by atoms with E-state index >= 15 is 0 Å². The average Bonchev–Trinajstić information content (AvgIpc) is 2.11. The van der Waals surface area contributed by atoms with Gasteiger partial charge in [-0.25, -0.2) is 0 Å². The van der Waals surface area contributed by atoms with Crippen molar-refractivity contribution in [3.8, 4) is 0 Å². The quantitative estimate of drug-likeness (QED) is 0.392. The van der Waals surface area contributed by atoms with E-state index < -0.39 is 0 Å². The van der Waals surface area contributed by atoms with Gasteiger partial charge in [0.2, 0.25) is 0 Å². The molecule has 1 rings (SSSR count). The molecule has 1 aliphatic rings. The van der Waals surface area contributed by atoms with E-state index in [0.29, 0.717) is 5.41 Å². The summed E-state index contributed by atoms with van der Waals surface area (Å²) in [5.41, 5.74) is 1.87. The summed E-state index contributed by atoms with van der Waals surface area (Å²) >= 11 is 1.22. The predicted molar refractivity (Wildman–Crippen MR) is 44.8 cm³/mol. The minimum Gasteiger partial charge on any atom is -1.00 e. The fourth-order valence-electron chi connectivity index (χ4n) is 1.17. The van der Waals surface area contributed by atoms with Crippen LogP contribution >= 0.6 is 0 Å². The Bertz CT molecular complexity index is 224. The molecule has 73 valence electrons. The summed E-state index contributed by atoms with van der Waals surface area (Å²) in [5.74, 6) is 0.718. The summed E-state index contributed by atoms with van der Waals surface area (Å²) in [5, 5.41) is 0. The average molecular weight is 385 g/mol. The van der Waals surface area contributed by atoms with Gasteiger partial charge >= 0.3 is 84.5 Å². The standard InChI is InChI=1S/C10H15.2ClH.Hf/c1-8-5-6-9(7-8)10(2,3)4;;;/h6-8H,1-4H3;2*1H;/q;;;+2/p-2. The van der Waals surface area contributed by atoms with Gasteiger partial charge < -0.3 is 24.8 Å². The molecule has 0 amide bonds. The van der Waals surface area contributed by atoms with Crippen molar-refractivity contribution in [1.82, 2.24) is 0 Å². The molecule has 0 aromatic carbocycles. The van der Waals surface area contributed by atoms with Crippen LogP contribution in [0.15, 0.2) is 21.1 Å². The number of hydrogen-bond donors (Lipinski definition) is 0. The molecule has 0 bridgehead atoms. The molecular formula is C10H15Cl2Hf. The Balaban J connectivity index is 0. The maximum Gasteiger partial charge on any atom is -1.00 e. The number of hydrogen-bond acceptors (Lipinski definition) is 0. The van der Waals surface area contributed by atoms with Crippen LogP contribution in [-0.4, -0.2) is 0 Å². The third-order valence-electron chi connectivity index (χ3n) is 2.10. The Morgan fingerprint density at radius 2 is 1.69 bits per heavy atom. The van der Waals surface area contributed by atoms with E-state index in [-0.39, 0.29) is 24.8 Å². The summed E-state index contributed by atoms with van der Waals surface area (Å²) in [6.45, 7) is 9.13. The monoisotopic (exact) mass is 385 g/mol. The fraction of sp³-hybridized carbons (Fsp3) is 0.600. The SMILES string of the molecule is CC1C=C(C(C)(C)C)C=[C]1[Hf+2].[Cl-].[Cl-]. The van der Waals surface area contributed by atoms with Crippen LogP contribution in [0.5, 0.6) is 0 Å².